The van der Waals surface area contributed by atoms with Gasteiger partial charge >= 0.3 is 6.03 Å². The maximum atomic E-state index is 12.4. The summed E-state index contributed by atoms with van der Waals surface area (Å²) in [5.41, 5.74) is 5.15. The highest BCUT2D eigenvalue weighted by Gasteiger charge is 2.23. The van der Waals surface area contributed by atoms with Crippen LogP contribution in [0, 0.1) is 19.8 Å². The van der Waals surface area contributed by atoms with Crippen molar-refractivity contribution in [2.45, 2.75) is 52.5 Å². The van der Waals surface area contributed by atoms with Crippen LogP contribution in [-0.4, -0.2) is 35.2 Å². The van der Waals surface area contributed by atoms with Crippen LogP contribution in [0.4, 0.5) is 4.79 Å². The normalized spacial score (nSPS) is 18.2. The van der Waals surface area contributed by atoms with Crippen LogP contribution >= 0.6 is 0 Å². The summed E-state index contributed by atoms with van der Waals surface area (Å²) >= 11 is 0. The van der Waals surface area contributed by atoms with Crippen molar-refractivity contribution in [2.75, 3.05) is 12.0 Å². The summed E-state index contributed by atoms with van der Waals surface area (Å²) in [4.78, 5) is 36.5. The number of ether oxygens (including phenoxy) is 1. The average molecular weight is 427 g/mol. The van der Waals surface area contributed by atoms with E-state index >= 15 is 0 Å². The van der Waals surface area contributed by atoms with Crippen LogP contribution < -0.4 is 20.8 Å². The summed E-state index contributed by atoms with van der Waals surface area (Å²) < 4.78 is 7.15. The Kier molecular flexibility index (Phi) is 7.33. The third-order valence-corrected chi connectivity index (χ3v) is 5.65. The zero-order valence-electron chi connectivity index (χ0n) is 18.2. The number of carbonyl (C=O) groups is 3. The summed E-state index contributed by atoms with van der Waals surface area (Å²) in [5, 5.41) is 5.17. The summed E-state index contributed by atoms with van der Waals surface area (Å²) in [7, 11) is 0. The maximum absolute atomic E-state index is 12.4. The highest BCUT2D eigenvalue weighted by atomic mass is 16.5. The monoisotopic (exact) mass is 426 g/mol. The molecule has 0 radical (unpaired) electrons. The molecule has 1 aromatic heterocycles. The third kappa shape index (κ3) is 6.10. The molecule has 1 aliphatic carbocycles. The number of rotatable bonds is 6. The summed E-state index contributed by atoms with van der Waals surface area (Å²) in [6, 6.07) is 9.92. The van der Waals surface area contributed by atoms with E-state index in [0.717, 1.165) is 30.7 Å². The second kappa shape index (κ2) is 10.1. The Hall–Kier alpha value is -3.29. The van der Waals surface area contributed by atoms with Gasteiger partial charge in [-0.2, -0.15) is 0 Å². The molecule has 0 unspecified atom stereocenters. The smallest absolute Gasteiger partial charge is 0.321 e. The summed E-state index contributed by atoms with van der Waals surface area (Å²) in [6.45, 7) is 5.64. The quantitative estimate of drug-likeness (QED) is 0.660. The first kappa shape index (κ1) is 22.4. The van der Waals surface area contributed by atoms with E-state index < -0.39 is 11.9 Å². The van der Waals surface area contributed by atoms with Gasteiger partial charge in [-0.3, -0.25) is 25.0 Å². The van der Waals surface area contributed by atoms with E-state index in [1.165, 1.54) is 6.42 Å². The molecule has 0 saturated heterocycles. The minimum Gasteiger partial charge on any atom is -0.484 e. The van der Waals surface area contributed by atoms with E-state index in [-0.39, 0.29) is 18.6 Å². The van der Waals surface area contributed by atoms with Crippen molar-refractivity contribution in [3.8, 4) is 5.75 Å². The van der Waals surface area contributed by atoms with E-state index in [9.17, 15) is 14.4 Å². The van der Waals surface area contributed by atoms with Gasteiger partial charge in [0.1, 0.15) is 5.75 Å². The molecule has 1 aliphatic rings. The number of benzene rings is 1. The molecular formula is C23H30N4O4. The van der Waals surface area contributed by atoms with Gasteiger partial charge in [0.2, 0.25) is 0 Å². The Morgan fingerprint density at radius 2 is 1.65 bits per heavy atom. The van der Waals surface area contributed by atoms with Gasteiger partial charge in [0.25, 0.3) is 11.8 Å². The lowest BCUT2D eigenvalue weighted by molar-refractivity contribution is -0.122. The van der Waals surface area contributed by atoms with Gasteiger partial charge in [0.05, 0.1) is 0 Å². The van der Waals surface area contributed by atoms with Crippen molar-refractivity contribution in [1.29, 1.82) is 0 Å². The maximum Gasteiger partial charge on any atom is 0.321 e. The number of aryl methyl sites for hydroxylation is 2. The van der Waals surface area contributed by atoms with E-state index in [1.54, 1.807) is 28.9 Å². The SMILES string of the molecule is Cc1ccc(C)n1NC(=O)c1ccc(OCC(=O)NC(=O)N[C@@H]2CCCC[C@@H]2C)cc1. The first-order valence-corrected chi connectivity index (χ1v) is 10.6. The highest BCUT2D eigenvalue weighted by molar-refractivity contribution is 6.00. The fourth-order valence-corrected chi connectivity index (χ4v) is 3.76. The molecule has 3 N–H and O–H groups in total. The molecule has 166 valence electrons. The van der Waals surface area contributed by atoms with E-state index in [0.29, 0.717) is 17.2 Å². The second-order valence-corrected chi connectivity index (χ2v) is 8.10. The van der Waals surface area contributed by atoms with Crippen LogP contribution in [0.15, 0.2) is 36.4 Å². The molecule has 1 fully saturated rings. The number of imide groups is 1. The minimum atomic E-state index is -0.527. The molecular weight excluding hydrogens is 396 g/mol. The number of aromatic nitrogens is 1. The lowest BCUT2D eigenvalue weighted by Gasteiger charge is -2.29. The standard InChI is InChI=1S/C23H30N4O4/c1-15-6-4-5-7-20(15)24-23(30)25-21(28)14-31-19-12-10-18(11-13-19)22(29)26-27-16(2)8-9-17(27)3/h8-13,15,20H,4-7,14H2,1-3H3,(H,26,29)(H2,24,25,28,30)/t15-,20+/m0/s1. The van der Waals surface area contributed by atoms with Crippen molar-refractivity contribution < 1.29 is 19.1 Å². The summed E-state index contributed by atoms with van der Waals surface area (Å²) in [6.07, 6.45) is 4.29. The second-order valence-electron chi connectivity index (χ2n) is 8.10. The van der Waals surface area contributed by atoms with Crippen LogP contribution in [0.25, 0.3) is 0 Å². The fourth-order valence-electron chi connectivity index (χ4n) is 3.76. The Morgan fingerprint density at radius 1 is 1.00 bits per heavy atom. The molecule has 0 spiro atoms. The fraction of sp³-hybridized carbons (Fsp3) is 0.435. The Balaban J connectivity index is 1.44. The topological polar surface area (TPSA) is 101 Å². The molecule has 0 bridgehead atoms. The zero-order valence-corrected chi connectivity index (χ0v) is 18.2. The number of nitrogens with one attached hydrogen (secondary N) is 3. The molecule has 1 saturated carbocycles. The van der Waals surface area contributed by atoms with Crippen molar-refractivity contribution in [2.24, 2.45) is 5.92 Å². The number of hydrogen-bond acceptors (Lipinski definition) is 4. The van der Waals surface area contributed by atoms with Gasteiger partial charge in [-0.25, -0.2) is 4.79 Å². The third-order valence-electron chi connectivity index (χ3n) is 5.65. The molecule has 31 heavy (non-hydrogen) atoms. The van der Waals surface area contributed by atoms with Crippen LogP contribution in [0.5, 0.6) is 5.75 Å². The van der Waals surface area contributed by atoms with Crippen molar-refractivity contribution in [3.63, 3.8) is 0 Å². The molecule has 2 aromatic rings. The number of nitrogens with zero attached hydrogens (tertiary/aromatic N) is 1. The number of urea groups is 1. The van der Waals surface area contributed by atoms with Crippen LogP contribution in [0.3, 0.4) is 0 Å². The Morgan fingerprint density at radius 3 is 2.29 bits per heavy atom. The molecule has 0 aliphatic heterocycles. The van der Waals surface area contributed by atoms with Gasteiger partial charge in [-0.15, -0.1) is 0 Å². The first-order chi connectivity index (χ1) is 14.8. The number of carbonyl (C=O) groups excluding carboxylic acids is 3. The average Bonchev–Trinajstić information content (AvgIpc) is 3.06. The molecule has 8 heteroatoms. The molecule has 1 heterocycles. The zero-order chi connectivity index (χ0) is 22.4. The Labute approximate surface area is 182 Å². The van der Waals surface area contributed by atoms with E-state index in [1.807, 2.05) is 26.0 Å². The van der Waals surface area contributed by atoms with Crippen LogP contribution in [0.1, 0.15) is 54.4 Å². The largest absolute Gasteiger partial charge is 0.484 e. The van der Waals surface area contributed by atoms with Gasteiger partial charge in [-0.05, 0) is 69.0 Å². The highest BCUT2D eigenvalue weighted by Crippen LogP contribution is 2.23. The molecule has 3 rings (SSSR count). The van der Waals surface area contributed by atoms with Crippen LogP contribution in [-0.2, 0) is 4.79 Å². The van der Waals surface area contributed by atoms with Gasteiger partial charge in [0.15, 0.2) is 6.61 Å². The summed E-state index contributed by atoms with van der Waals surface area (Å²) in [5.74, 6) is 0.0647. The van der Waals surface area contributed by atoms with Gasteiger partial charge < -0.3 is 10.1 Å². The van der Waals surface area contributed by atoms with Gasteiger partial charge in [0, 0.05) is 23.0 Å². The van der Waals surface area contributed by atoms with Crippen molar-refractivity contribution in [1.82, 2.24) is 15.3 Å². The van der Waals surface area contributed by atoms with Crippen LogP contribution in [0.2, 0.25) is 0 Å². The number of amides is 4. The van der Waals surface area contributed by atoms with E-state index in [4.69, 9.17) is 4.74 Å². The van der Waals surface area contributed by atoms with E-state index in [2.05, 4.69) is 23.0 Å². The van der Waals surface area contributed by atoms with Crippen molar-refractivity contribution in [3.05, 3.63) is 53.3 Å². The minimum absolute atomic E-state index is 0.0975. The lowest BCUT2D eigenvalue weighted by atomic mass is 9.86. The Bertz CT molecular complexity index is 916. The van der Waals surface area contributed by atoms with Gasteiger partial charge in [-0.1, -0.05) is 19.8 Å². The molecule has 4 amide bonds. The molecule has 2 atom stereocenters. The molecule has 1 aromatic carbocycles. The molecule has 8 nitrogen and oxygen atoms in total. The van der Waals surface area contributed by atoms with Crippen molar-refractivity contribution >= 4 is 17.8 Å². The first-order valence-electron chi connectivity index (χ1n) is 10.6. The number of hydrogen-bond donors (Lipinski definition) is 3. The predicted octanol–water partition coefficient (Wildman–Crippen LogP) is 3.27. The lowest BCUT2D eigenvalue weighted by Crippen LogP contribution is -2.48. The predicted molar refractivity (Wildman–Crippen MR) is 118 cm³/mol.